The number of nitrogens with one attached hydrogen (secondary N) is 2. The van der Waals surface area contributed by atoms with Gasteiger partial charge < -0.3 is 10.6 Å². The van der Waals surface area contributed by atoms with Gasteiger partial charge in [0, 0.05) is 38.1 Å². The summed E-state index contributed by atoms with van der Waals surface area (Å²) in [6.45, 7) is 2.90. The predicted molar refractivity (Wildman–Crippen MR) is 109 cm³/mol. The Morgan fingerprint density at radius 2 is 2.04 bits per heavy atom. The highest BCUT2D eigenvalue weighted by Gasteiger charge is 2.36. The maximum Gasteiger partial charge on any atom is 0.435 e. The van der Waals surface area contributed by atoms with Gasteiger partial charge in [0.05, 0.1) is 6.54 Å². The largest absolute Gasteiger partial charge is 0.435 e. The molecule has 6 nitrogen and oxygen atoms in total. The smallest absolute Gasteiger partial charge is 0.357 e. The van der Waals surface area contributed by atoms with Crippen LogP contribution >= 0.6 is 35.6 Å². The summed E-state index contributed by atoms with van der Waals surface area (Å²) in [5.74, 6) is 0.436. The summed E-state index contributed by atoms with van der Waals surface area (Å²) in [7, 11) is 1.45. The number of pyridine rings is 1. The predicted octanol–water partition coefficient (Wildman–Crippen LogP) is 3.40. The van der Waals surface area contributed by atoms with Crippen LogP contribution in [0.3, 0.4) is 0 Å². The van der Waals surface area contributed by atoms with E-state index < -0.39 is 11.9 Å². The molecule has 0 fully saturated rings. The first-order valence-electron chi connectivity index (χ1n) is 8.02. The maximum atomic E-state index is 13.0. The maximum absolute atomic E-state index is 13.0. The van der Waals surface area contributed by atoms with Crippen molar-refractivity contribution in [2.75, 3.05) is 13.1 Å². The van der Waals surface area contributed by atoms with Gasteiger partial charge in [-0.1, -0.05) is 17.7 Å². The van der Waals surface area contributed by atoms with Crippen LogP contribution in [0.4, 0.5) is 13.2 Å². The fraction of sp³-hybridized carbons (Fsp3) is 0.438. The molecule has 0 aliphatic carbocycles. The van der Waals surface area contributed by atoms with Crippen molar-refractivity contribution in [2.24, 2.45) is 12.0 Å². The second-order valence-corrected chi connectivity index (χ2v) is 5.92. The number of alkyl halides is 3. The lowest BCUT2D eigenvalue weighted by Gasteiger charge is -2.11. The molecule has 2 rings (SSSR count). The Balaban J connectivity index is 0.00000364. The van der Waals surface area contributed by atoms with E-state index in [9.17, 15) is 13.2 Å². The van der Waals surface area contributed by atoms with Crippen LogP contribution in [0.25, 0.3) is 0 Å². The van der Waals surface area contributed by atoms with Crippen LogP contribution in [0, 0.1) is 0 Å². The molecular weight excluding hydrogens is 496 g/mol. The molecule has 11 heteroatoms. The van der Waals surface area contributed by atoms with Gasteiger partial charge in [-0.15, -0.1) is 24.0 Å². The Morgan fingerprint density at radius 1 is 1.30 bits per heavy atom. The van der Waals surface area contributed by atoms with Gasteiger partial charge >= 0.3 is 6.18 Å². The average Bonchev–Trinajstić information content (AvgIpc) is 2.95. The van der Waals surface area contributed by atoms with E-state index in [-0.39, 0.29) is 36.1 Å². The number of nitrogens with zero attached hydrogens (tertiary/aromatic N) is 4. The minimum atomic E-state index is -4.50. The van der Waals surface area contributed by atoms with Gasteiger partial charge in [0.25, 0.3) is 0 Å². The van der Waals surface area contributed by atoms with Crippen molar-refractivity contribution in [2.45, 2.75) is 26.1 Å². The minimum absolute atomic E-state index is 0. The molecule has 0 aliphatic heterocycles. The normalized spacial score (nSPS) is 11.9. The van der Waals surface area contributed by atoms with E-state index in [0.717, 1.165) is 10.2 Å². The fourth-order valence-electron chi connectivity index (χ4n) is 2.28. The highest BCUT2D eigenvalue weighted by molar-refractivity contribution is 14.0. The number of halogens is 5. The SMILES string of the molecule is CCNC(=NCc1cn(C)nc1C(F)(F)F)NCCc1ccc(Cl)nc1.I. The molecule has 0 aromatic carbocycles. The minimum Gasteiger partial charge on any atom is -0.357 e. The number of rotatable bonds is 6. The number of aryl methyl sites for hydroxylation is 1. The molecule has 0 saturated heterocycles. The first kappa shape index (κ1) is 23.5. The van der Waals surface area contributed by atoms with Crippen molar-refractivity contribution < 1.29 is 13.2 Å². The summed E-state index contributed by atoms with van der Waals surface area (Å²) in [5, 5.41) is 10.00. The molecule has 0 spiro atoms. The molecule has 150 valence electrons. The number of aliphatic imine (C=N–C) groups is 1. The summed E-state index contributed by atoms with van der Waals surface area (Å²) < 4.78 is 40.1. The lowest BCUT2D eigenvalue weighted by Crippen LogP contribution is -2.38. The van der Waals surface area contributed by atoms with E-state index in [1.165, 1.54) is 13.2 Å². The zero-order valence-corrected chi connectivity index (χ0v) is 17.9. The fourth-order valence-corrected chi connectivity index (χ4v) is 2.39. The third-order valence-corrected chi connectivity index (χ3v) is 3.64. The van der Waals surface area contributed by atoms with E-state index in [2.05, 4.69) is 25.7 Å². The molecule has 2 aromatic rings. The molecule has 0 amide bonds. The first-order valence-corrected chi connectivity index (χ1v) is 8.39. The Hall–Kier alpha value is -1.56. The Kier molecular flexibility index (Phi) is 9.30. The average molecular weight is 517 g/mol. The topological polar surface area (TPSA) is 67.1 Å². The number of hydrogen-bond donors (Lipinski definition) is 2. The molecule has 2 heterocycles. The second-order valence-electron chi connectivity index (χ2n) is 5.54. The third-order valence-electron chi connectivity index (χ3n) is 3.42. The lowest BCUT2D eigenvalue weighted by atomic mass is 10.2. The quantitative estimate of drug-likeness (QED) is 0.267. The van der Waals surface area contributed by atoms with Gasteiger partial charge in [-0.05, 0) is 25.0 Å². The molecule has 2 N–H and O–H groups in total. The molecular formula is C16H21ClF3IN6. The standard InChI is InChI=1S/C16H20ClF3N6.HI/c1-3-21-15(22-7-6-11-4-5-13(17)23-8-11)24-9-12-10-26(2)25-14(12)16(18,19)20;/h4-5,8,10H,3,6-7,9H2,1-2H3,(H2,21,22,24);1H. The van der Waals surface area contributed by atoms with Gasteiger partial charge in [0.1, 0.15) is 5.15 Å². The Labute approximate surface area is 177 Å². The van der Waals surface area contributed by atoms with E-state index in [0.29, 0.717) is 30.6 Å². The van der Waals surface area contributed by atoms with Crippen LogP contribution in [0.5, 0.6) is 0 Å². The van der Waals surface area contributed by atoms with E-state index in [1.54, 1.807) is 12.3 Å². The summed E-state index contributed by atoms with van der Waals surface area (Å²) in [6, 6.07) is 3.57. The van der Waals surface area contributed by atoms with Crippen LogP contribution in [-0.2, 0) is 26.2 Å². The Morgan fingerprint density at radius 3 is 2.63 bits per heavy atom. The van der Waals surface area contributed by atoms with E-state index >= 15 is 0 Å². The van der Waals surface area contributed by atoms with Crippen molar-refractivity contribution in [3.63, 3.8) is 0 Å². The first-order chi connectivity index (χ1) is 12.3. The molecule has 0 atom stereocenters. The van der Waals surface area contributed by atoms with Crippen LogP contribution < -0.4 is 10.6 Å². The van der Waals surface area contributed by atoms with Crippen LogP contribution in [0.15, 0.2) is 29.5 Å². The zero-order chi connectivity index (χ0) is 19.2. The number of guanidine groups is 1. The van der Waals surface area contributed by atoms with E-state index in [4.69, 9.17) is 11.6 Å². The second kappa shape index (κ2) is 10.7. The van der Waals surface area contributed by atoms with Crippen molar-refractivity contribution in [1.29, 1.82) is 0 Å². The van der Waals surface area contributed by atoms with Crippen LogP contribution in [-0.4, -0.2) is 33.8 Å². The molecule has 0 saturated carbocycles. The third kappa shape index (κ3) is 7.53. The summed E-state index contributed by atoms with van der Waals surface area (Å²) in [6.07, 6.45) is -0.816. The lowest BCUT2D eigenvalue weighted by molar-refractivity contribution is -0.142. The molecule has 2 aromatic heterocycles. The molecule has 0 aliphatic rings. The molecule has 0 bridgehead atoms. The number of hydrogen-bond acceptors (Lipinski definition) is 3. The van der Waals surface area contributed by atoms with Crippen molar-refractivity contribution in [1.82, 2.24) is 25.4 Å². The summed E-state index contributed by atoms with van der Waals surface area (Å²) in [5.41, 5.74) is 0.107. The zero-order valence-electron chi connectivity index (χ0n) is 14.8. The van der Waals surface area contributed by atoms with Gasteiger partial charge in [0.15, 0.2) is 11.7 Å². The Bertz CT molecular complexity index is 746. The van der Waals surface area contributed by atoms with E-state index in [1.807, 2.05) is 13.0 Å². The van der Waals surface area contributed by atoms with Gasteiger partial charge in [-0.2, -0.15) is 18.3 Å². The van der Waals surface area contributed by atoms with Gasteiger partial charge in [-0.3, -0.25) is 4.68 Å². The molecule has 0 unspecified atom stereocenters. The summed E-state index contributed by atoms with van der Waals surface area (Å²) in [4.78, 5) is 8.22. The van der Waals surface area contributed by atoms with Crippen molar-refractivity contribution in [3.05, 3.63) is 46.5 Å². The van der Waals surface area contributed by atoms with Crippen LogP contribution in [0.1, 0.15) is 23.7 Å². The molecule has 0 radical (unpaired) electrons. The van der Waals surface area contributed by atoms with Crippen molar-refractivity contribution in [3.8, 4) is 0 Å². The molecule has 27 heavy (non-hydrogen) atoms. The van der Waals surface area contributed by atoms with Crippen LogP contribution in [0.2, 0.25) is 5.15 Å². The van der Waals surface area contributed by atoms with Crippen molar-refractivity contribution >= 4 is 41.5 Å². The summed E-state index contributed by atoms with van der Waals surface area (Å²) >= 11 is 5.74. The number of aromatic nitrogens is 3. The highest BCUT2D eigenvalue weighted by atomic mass is 127. The van der Waals surface area contributed by atoms with Gasteiger partial charge in [0.2, 0.25) is 0 Å². The van der Waals surface area contributed by atoms with Gasteiger partial charge in [-0.25, -0.2) is 9.98 Å². The monoisotopic (exact) mass is 516 g/mol. The highest BCUT2D eigenvalue weighted by Crippen LogP contribution is 2.30.